The number of rotatable bonds is 8. The van der Waals surface area contributed by atoms with E-state index in [9.17, 15) is 19.7 Å². The standard InChI is InChI=1S/C25H27N3O6/c1-17(29)33-26-24(21-6-4-3-5-7-21)16-25(27-34-18(2)30)22-10-8-19(9-11-22)20-12-14-23(15-13-20)28(31)32/h8-15,21H,3-7,16H2,1-2H3/b26-24-,27-25-. The monoisotopic (exact) mass is 465 g/mol. The summed E-state index contributed by atoms with van der Waals surface area (Å²) in [5, 5.41) is 19.1. The fraction of sp³-hybridized carbons (Fsp3) is 0.360. The van der Waals surface area contributed by atoms with Crippen molar-refractivity contribution in [3.8, 4) is 11.1 Å². The summed E-state index contributed by atoms with van der Waals surface area (Å²) in [7, 11) is 0. The van der Waals surface area contributed by atoms with Crippen LogP contribution in [0.3, 0.4) is 0 Å². The summed E-state index contributed by atoms with van der Waals surface area (Å²) < 4.78 is 0. The van der Waals surface area contributed by atoms with Crippen molar-refractivity contribution in [3.63, 3.8) is 0 Å². The van der Waals surface area contributed by atoms with Crippen LogP contribution in [-0.2, 0) is 19.3 Å². The number of nitro benzene ring substituents is 1. The van der Waals surface area contributed by atoms with Crippen LogP contribution in [0.5, 0.6) is 0 Å². The lowest BCUT2D eigenvalue weighted by molar-refractivity contribution is -0.384. The van der Waals surface area contributed by atoms with Crippen LogP contribution in [0, 0.1) is 16.0 Å². The number of hydrogen-bond donors (Lipinski definition) is 0. The molecule has 1 saturated carbocycles. The van der Waals surface area contributed by atoms with Crippen molar-refractivity contribution in [2.75, 3.05) is 0 Å². The third-order valence-electron chi connectivity index (χ3n) is 5.63. The predicted octanol–water partition coefficient (Wildman–Crippen LogP) is 5.42. The molecule has 0 bridgehead atoms. The maximum Gasteiger partial charge on any atom is 0.331 e. The number of benzene rings is 2. The second-order valence-corrected chi connectivity index (χ2v) is 8.18. The van der Waals surface area contributed by atoms with Crippen molar-refractivity contribution in [3.05, 3.63) is 64.2 Å². The molecule has 2 aromatic carbocycles. The van der Waals surface area contributed by atoms with E-state index in [4.69, 9.17) is 9.68 Å². The van der Waals surface area contributed by atoms with E-state index in [1.807, 2.05) is 24.3 Å². The highest BCUT2D eigenvalue weighted by Crippen LogP contribution is 2.28. The van der Waals surface area contributed by atoms with Crippen LogP contribution in [0.15, 0.2) is 58.8 Å². The molecule has 0 saturated heterocycles. The highest BCUT2D eigenvalue weighted by atomic mass is 16.7. The van der Waals surface area contributed by atoms with Crippen LogP contribution in [0.25, 0.3) is 11.1 Å². The summed E-state index contributed by atoms with van der Waals surface area (Å²) in [5.74, 6) is -0.884. The number of oxime groups is 2. The molecule has 0 radical (unpaired) electrons. The summed E-state index contributed by atoms with van der Waals surface area (Å²) in [6, 6.07) is 13.7. The van der Waals surface area contributed by atoms with Gasteiger partial charge in [-0.15, -0.1) is 0 Å². The van der Waals surface area contributed by atoms with Crippen LogP contribution in [0.2, 0.25) is 0 Å². The average Bonchev–Trinajstić information content (AvgIpc) is 2.84. The van der Waals surface area contributed by atoms with Gasteiger partial charge in [0, 0.05) is 38.3 Å². The second-order valence-electron chi connectivity index (χ2n) is 8.18. The third-order valence-corrected chi connectivity index (χ3v) is 5.63. The normalized spacial score (nSPS) is 15.0. The van der Waals surface area contributed by atoms with E-state index in [1.54, 1.807) is 12.1 Å². The van der Waals surface area contributed by atoms with Crippen LogP contribution >= 0.6 is 0 Å². The van der Waals surface area contributed by atoms with Crippen molar-refractivity contribution >= 4 is 29.0 Å². The Morgan fingerprint density at radius 2 is 1.41 bits per heavy atom. The van der Waals surface area contributed by atoms with Crippen molar-refractivity contribution in [2.24, 2.45) is 16.2 Å². The minimum atomic E-state index is -0.545. The second kappa shape index (κ2) is 11.8. The molecule has 0 aliphatic heterocycles. The van der Waals surface area contributed by atoms with Gasteiger partial charge in [-0.1, -0.05) is 53.8 Å². The first-order valence-electron chi connectivity index (χ1n) is 11.2. The van der Waals surface area contributed by atoms with Gasteiger partial charge in [-0.3, -0.25) is 10.1 Å². The van der Waals surface area contributed by atoms with Crippen molar-refractivity contribution in [1.29, 1.82) is 0 Å². The molecule has 0 unspecified atom stereocenters. The molecule has 0 heterocycles. The molecule has 178 valence electrons. The van der Waals surface area contributed by atoms with Gasteiger partial charge < -0.3 is 9.68 Å². The molecule has 0 spiro atoms. The van der Waals surface area contributed by atoms with Crippen molar-refractivity contribution in [2.45, 2.75) is 52.4 Å². The van der Waals surface area contributed by atoms with Gasteiger partial charge in [0.1, 0.15) is 0 Å². The molecule has 1 aliphatic carbocycles. The molecule has 34 heavy (non-hydrogen) atoms. The summed E-state index contributed by atoms with van der Waals surface area (Å²) in [5.41, 5.74) is 3.63. The Bertz CT molecular complexity index is 1080. The molecule has 0 N–H and O–H groups in total. The average molecular weight is 466 g/mol. The molecular weight excluding hydrogens is 438 g/mol. The summed E-state index contributed by atoms with van der Waals surface area (Å²) in [4.78, 5) is 43.1. The molecule has 3 rings (SSSR count). The van der Waals surface area contributed by atoms with Crippen LogP contribution in [0.1, 0.15) is 57.9 Å². The van der Waals surface area contributed by atoms with Crippen molar-refractivity contribution in [1.82, 2.24) is 0 Å². The Kier molecular flexibility index (Phi) is 8.61. The predicted molar refractivity (Wildman–Crippen MR) is 127 cm³/mol. The van der Waals surface area contributed by atoms with Gasteiger partial charge in [-0.2, -0.15) is 0 Å². The first-order valence-corrected chi connectivity index (χ1v) is 11.2. The third kappa shape index (κ3) is 7.06. The SMILES string of the molecule is CC(=O)O/N=C(/C/C(=N/OC(C)=O)C1CCCCC1)c1ccc(-c2ccc([N+](=O)[O-])cc2)cc1. The summed E-state index contributed by atoms with van der Waals surface area (Å²) >= 11 is 0. The Balaban J connectivity index is 1.87. The lowest BCUT2D eigenvalue weighted by Crippen LogP contribution is -2.22. The molecule has 9 heteroatoms. The molecule has 0 atom stereocenters. The van der Waals surface area contributed by atoms with E-state index in [0.717, 1.165) is 48.8 Å². The fourth-order valence-corrected chi connectivity index (χ4v) is 3.92. The Morgan fingerprint density at radius 1 is 0.882 bits per heavy atom. The molecular formula is C25H27N3O6. The van der Waals surface area contributed by atoms with E-state index in [1.165, 1.54) is 26.0 Å². The van der Waals surface area contributed by atoms with Gasteiger partial charge in [0.15, 0.2) is 0 Å². The summed E-state index contributed by atoms with van der Waals surface area (Å²) in [6.45, 7) is 2.57. The number of hydrogen-bond acceptors (Lipinski definition) is 8. The van der Waals surface area contributed by atoms with Gasteiger partial charge in [0.2, 0.25) is 0 Å². The number of carbonyl (C=O) groups excluding carboxylic acids is 2. The number of non-ortho nitro benzene ring substituents is 1. The van der Waals surface area contributed by atoms with Gasteiger partial charge in [0.25, 0.3) is 5.69 Å². The van der Waals surface area contributed by atoms with Gasteiger partial charge in [-0.25, -0.2) is 9.59 Å². The molecule has 0 amide bonds. The Hall–Kier alpha value is -3.88. The zero-order valence-electron chi connectivity index (χ0n) is 19.2. The highest BCUT2D eigenvalue weighted by Gasteiger charge is 2.23. The van der Waals surface area contributed by atoms with Crippen LogP contribution in [-0.4, -0.2) is 28.3 Å². The lowest BCUT2D eigenvalue weighted by Gasteiger charge is -2.23. The van der Waals surface area contributed by atoms with E-state index in [-0.39, 0.29) is 18.0 Å². The maximum atomic E-state index is 11.4. The lowest BCUT2D eigenvalue weighted by atomic mass is 9.83. The summed E-state index contributed by atoms with van der Waals surface area (Å²) in [6.07, 6.45) is 5.46. The van der Waals surface area contributed by atoms with Gasteiger partial charge >= 0.3 is 11.9 Å². The van der Waals surface area contributed by atoms with Crippen molar-refractivity contribution < 1.29 is 24.2 Å². The Morgan fingerprint density at radius 3 is 1.94 bits per heavy atom. The molecule has 9 nitrogen and oxygen atoms in total. The Labute approximate surface area is 197 Å². The van der Waals surface area contributed by atoms with E-state index < -0.39 is 16.9 Å². The van der Waals surface area contributed by atoms with Crippen LogP contribution < -0.4 is 0 Å². The largest absolute Gasteiger partial charge is 0.331 e. The van der Waals surface area contributed by atoms with E-state index in [0.29, 0.717) is 11.4 Å². The van der Waals surface area contributed by atoms with Crippen LogP contribution in [0.4, 0.5) is 5.69 Å². The molecule has 1 aliphatic rings. The number of carbonyl (C=O) groups is 2. The molecule has 2 aromatic rings. The quantitative estimate of drug-likeness (QED) is 0.222. The first kappa shape index (κ1) is 24.8. The molecule has 0 aromatic heterocycles. The minimum absolute atomic E-state index is 0.0264. The topological polar surface area (TPSA) is 120 Å². The number of nitro groups is 1. The number of nitrogens with zero attached hydrogens (tertiary/aromatic N) is 3. The maximum absolute atomic E-state index is 11.4. The fourth-order valence-electron chi connectivity index (χ4n) is 3.92. The minimum Gasteiger partial charge on any atom is -0.319 e. The van der Waals surface area contributed by atoms with E-state index in [2.05, 4.69) is 10.3 Å². The van der Waals surface area contributed by atoms with Gasteiger partial charge in [0.05, 0.1) is 16.3 Å². The highest BCUT2D eigenvalue weighted by molar-refractivity contribution is 6.13. The van der Waals surface area contributed by atoms with E-state index >= 15 is 0 Å². The van der Waals surface area contributed by atoms with Gasteiger partial charge in [-0.05, 0) is 41.7 Å². The zero-order chi connectivity index (χ0) is 24.5. The smallest absolute Gasteiger partial charge is 0.319 e. The first-order chi connectivity index (χ1) is 16.3. The molecule has 1 fully saturated rings. The zero-order valence-corrected chi connectivity index (χ0v) is 19.2.